The highest BCUT2D eigenvalue weighted by molar-refractivity contribution is 7.18. The number of carbonyl (C=O) groups is 1. The quantitative estimate of drug-likeness (QED) is 0.786. The molecule has 5 nitrogen and oxygen atoms in total. The Balaban J connectivity index is 2.07. The molecular weight excluding hydrogens is 334 g/mol. The Morgan fingerprint density at radius 2 is 2.09 bits per heavy atom. The van der Waals surface area contributed by atoms with Crippen molar-refractivity contribution in [2.24, 2.45) is 0 Å². The number of carbonyl (C=O) groups excluding carboxylic acids is 1. The van der Waals surface area contributed by atoms with Gasteiger partial charge in [-0.2, -0.15) is 0 Å². The number of halogens is 1. The number of rotatable bonds is 4. The maximum atomic E-state index is 12.3. The molecule has 2 heterocycles. The second kappa shape index (κ2) is 6.31. The number of hydrogen-bond donors (Lipinski definition) is 1. The van der Waals surface area contributed by atoms with Crippen molar-refractivity contribution in [2.75, 3.05) is 13.6 Å². The Morgan fingerprint density at radius 1 is 1.39 bits per heavy atom. The van der Waals surface area contributed by atoms with Crippen molar-refractivity contribution < 1.29 is 9.90 Å². The van der Waals surface area contributed by atoms with E-state index >= 15 is 0 Å². The predicted molar refractivity (Wildman–Crippen MR) is 92.1 cm³/mol. The van der Waals surface area contributed by atoms with Gasteiger partial charge in [-0.05, 0) is 19.1 Å². The molecule has 1 amide bonds. The van der Waals surface area contributed by atoms with Crippen molar-refractivity contribution in [3.8, 4) is 11.3 Å². The Kier molecular flexibility index (Phi) is 4.39. The maximum absolute atomic E-state index is 12.3. The Hall–Kier alpha value is -1.89. The van der Waals surface area contributed by atoms with Crippen LogP contribution in [-0.2, 0) is 6.61 Å². The molecule has 1 aromatic carbocycles. The highest BCUT2D eigenvalue weighted by atomic mass is 35.5. The Labute approximate surface area is 142 Å². The van der Waals surface area contributed by atoms with E-state index in [-0.39, 0.29) is 12.5 Å². The smallest absolute Gasteiger partial charge is 0.265 e. The van der Waals surface area contributed by atoms with Crippen LogP contribution in [0.25, 0.3) is 16.2 Å². The van der Waals surface area contributed by atoms with Crippen LogP contribution in [0.3, 0.4) is 0 Å². The number of nitrogens with zero attached hydrogens (tertiary/aromatic N) is 3. The number of hydrogen-bond acceptors (Lipinski definition) is 4. The van der Waals surface area contributed by atoms with Crippen molar-refractivity contribution in [1.82, 2.24) is 14.3 Å². The molecular formula is C16H16ClN3O2S. The van der Waals surface area contributed by atoms with Crippen molar-refractivity contribution in [3.05, 3.63) is 46.1 Å². The summed E-state index contributed by atoms with van der Waals surface area (Å²) in [6.07, 6.45) is 1.74. The number of amides is 1. The Morgan fingerprint density at radius 3 is 2.70 bits per heavy atom. The molecule has 0 radical (unpaired) electrons. The fourth-order valence-electron chi connectivity index (χ4n) is 2.31. The molecule has 0 atom stereocenters. The average molecular weight is 350 g/mol. The molecule has 0 bridgehead atoms. The van der Waals surface area contributed by atoms with Gasteiger partial charge in [-0.25, -0.2) is 4.98 Å². The first-order valence-electron chi connectivity index (χ1n) is 7.18. The number of benzene rings is 1. The third-order valence-corrected chi connectivity index (χ3v) is 4.95. The van der Waals surface area contributed by atoms with E-state index in [1.165, 1.54) is 11.3 Å². The summed E-state index contributed by atoms with van der Waals surface area (Å²) in [7, 11) is 1.76. The van der Waals surface area contributed by atoms with Crippen LogP contribution in [0.4, 0.5) is 0 Å². The highest BCUT2D eigenvalue weighted by Crippen LogP contribution is 2.29. The molecule has 0 fully saturated rings. The van der Waals surface area contributed by atoms with Crippen molar-refractivity contribution in [3.63, 3.8) is 0 Å². The van der Waals surface area contributed by atoms with Gasteiger partial charge in [0.05, 0.1) is 18.0 Å². The number of aromatic nitrogens is 2. The first kappa shape index (κ1) is 16.0. The number of aliphatic hydroxyl groups is 1. The van der Waals surface area contributed by atoms with Crippen LogP contribution in [0.2, 0.25) is 5.02 Å². The van der Waals surface area contributed by atoms with Crippen LogP contribution in [0, 0.1) is 0 Å². The van der Waals surface area contributed by atoms with Crippen LogP contribution in [-0.4, -0.2) is 38.9 Å². The third-order valence-electron chi connectivity index (χ3n) is 3.72. The van der Waals surface area contributed by atoms with Gasteiger partial charge in [-0.15, -0.1) is 0 Å². The summed E-state index contributed by atoms with van der Waals surface area (Å²) in [4.78, 5) is 19.8. The van der Waals surface area contributed by atoms with Crippen molar-refractivity contribution >= 4 is 33.8 Å². The largest absolute Gasteiger partial charge is 0.390 e. The number of fused-ring (bicyclic) bond motifs is 1. The summed E-state index contributed by atoms with van der Waals surface area (Å²) in [5.41, 5.74) is 2.25. The first-order chi connectivity index (χ1) is 11.0. The number of thiazole rings is 1. The van der Waals surface area contributed by atoms with E-state index in [1.54, 1.807) is 34.7 Å². The number of aliphatic hydroxyl groups excluding tert-OH is 1. The third kappa shape index (κ3) is 2.85. The van der Waals surface area contributed by atoms with Gasteiger partial charge in [0.15, 0.2) is 4.96 Å². The van der Waals surface area contributed by atoms with Crippen molar-refractivity contribution in [2.45, 2.75) is 13.5 Å². The van der Waals surface area contributed by atoms with Gasteiger partial charge >= 0.3 is 0 Å². The van der Waals surface area contributed by atoms with Crippen LogP contribution in [0.15, 0.2) is 30.5 Å². The lowest BCUT2D eigenvalue weighted by atomic mass is 10.1. The normalized spacial score (nSPS) is 11.1. The van der Waals surface area contributed by atoms with E-state index in [9.17, 15) is 9.90 Å². The van der Waals surface area contributed by atoms with E-state index < -0.39 is 0 Å². The topological polar surface area (TPSA) is 57.8 Å². The molecule has 120 valence electrons. The van der Waals surface area contributed by atoms with E-state index in [0.717, 1.165) is 5.56 Å². The van der Waals surface area contributed by atoms with Gasteiger partial charge in [0, 0.05) is 30.4 Å². The zero-order chi connectivity index (χ0) is 16.6. The second-order valence-electron chi connectivity index (χ2n) is 5.14. The summed E-state index contributed by atoms with van der Waals surface area (Å²) in [5.74, 6) is -0.0417. The van der Waals surface area contributed by atoms with Gasteiger partial charge in [-0.3, -0.25) is 9.20 Å². The molecule has 3 aromatic rings. The minimum absolute atomic E-state index is 0.0417. The van der Waals surface area contributed by atoms with E-state index in [0.29, 0.717) is 32.8 Å². The maximum Gasteiger partial charge on any atom is 0.265 e. The van der Waals surface area contributed by atoms with E-state index in [1.807, 2.05) is 19.1 Å². The summed E-state index contributed by atoms with van der Waals surface area (Å²) in [6, 6.07) is 7.31. The molecule has 2 aromatic heterocycles. The van der Waals surface area contributed by atoms with Gasteiger partial charge in [-0.1, -0.05) is 35.1 Å². The summed E-state index contributed by atoms with van der Waals surface area (Å²) in [6.45, 7) is 2.41. The molecule has 0 saturated carbocycles. The zero-order valence-corrected chi connectivity index (χ0v) is 14.4. The van der Waals surface area contributed by atoms with Gasteiger partial charge in [0.25, 0.3) is 5.91 Å². The molecule has 7 heteroatoms. The van der Waals surface area contributed by atoms with Crippen LogP contribution in [0.1, 0.15) is 22.3 Å². The molecule has 0 spiro atoms. The lowest BCUT2D eigenvalue weighted by Crippen LogP contribution is -2.25. The Bertz CT molecular complexity index is 854. The molecule has 0 saturated heterocycles. The molecule has 0 aliphatic heterocycles. The summed E-state index contributed by atoms with van der Waals surface area (Å²) in [5, 5.41) is 10.4. The fraction of sp³-hybridized carbons (Fsp3) is 0.250. The standard InChI is InChI=1S/C16H16ClN3O2S/c1-3-19(2)15(22)13-8-20-12(9-21)14(18-16(20)23-13)10-4-6-11(17)7-5-10/h4-8,21H,3,9H2,1-2H3. The van der Waals surface area contributed by atoms with Gasteiger partial charge < -0.3 is 10.0 Å². The molecule has 1 N–H and O–H groups in total. The fourth-order valence-corrected chi connectivity index (χ4v) is 3.43. The minimum Gasteiger partial charge on any atom is -0.390 e. The van der Waals surface area contributed by atoms with Crippen LogP contribution >= 0.6 is 22.9 Å². The minimum atomic E-state index is -0.160. The predicted octanol–water partition coefficient (Wildman–Crippen LogP) is 3.30. The summed E-state index contributed by atoms with van der Waals surface area (Å²) < 4.78 is 1.78. The van der Waals surface area contributed by atoms with Gasteiger partial charge in [0.2, 0.25) is 0 Å². The highest BCUT2D eigenvalue weighted by Gasteiger charge is 2.19. The van der Waals surface area contributed by atoms with E-state index in [4.69, 9.17) is 11.6 Å². The van der Waals surface area contributed by atoms with E-state index in [2.05, 4.69) is 4.98 Å². The first-order valence-corrected chi connectivity index (χ1v) is 8.37. The molecule has 0 unspecified atom stereocenters. The monoisotopic (exact) mass is 349 g/mol. The lowest BCUT2D eigenvalue weighted by molar-refractivity contribution is 0.0806. The van der Waals surface area contributed by atoms with Crippen LogP contribution in [0.5, 0.6) is 0 Å². The average Bonchev–Trinajstić information content (AvgIpc) is 3.11. The second-order valence-corrected chi connectivity index (χ2v) is 6.58. The SMILES string of the molecule is CCN(C)C(=O)c1cn2c(CO)c(-c3ccc(Cl)cc3)nc2s1. The summed E-state index contributed by atoms with van der Waals surface area (Å²) >= 11 is 7.24. The molecule has 0 aliphatic carbocycles. The lowest BCUT2D eigenvalue weighted by Gasteiger charge is -2.12. The van der Waals surface area contributed by atoms with Crippen molar-refractivity contribution in [1.29, 1.82) is 0 Å². The molecule has 23 heavy (non-hydrogen) atoms. The molecule has 0 aliphatic rings. The van der Waals surface area contributed by atoms with Crippen LogP contribution < -0.4 is 0 Å². The zero-order valence-electron chi connectivity index (χ0n) is 12.8. The van der Waals surface area contributed by atoms with Gasteiger partial charge in [0.1, 0.15) is 4.88 Å². The molecule has 3 rings (SSSR count). The number of imidazole rings is 1.